The van der Waals surface area contributed by atoms with E-state index in [1.807, 2.05) is 0 Å². The van der Waals surface area contributed by atoms with Crippen LogP contribution in [0.25, 0.3) is 0 Å². The fourth-order valence-corrected chi connectivity index (χ4v) is 4.70. The lowest BCUT2D eigenvalue weighted by Gasteiger charge is -2.31. The normalized spacial score (nSPS) is 20.7. The molecule has 0 aromatic heterocycles. The minimum absolute atomic E-state index is 0.0132. The molecule has 2 aliphatic rings. The number of nitrogens with two attached hydrogens (primary N) is 1. The highest BCUT2D eigenvalue weighted by Gasteiger charge is 2.47. The van der Waals surface area contributed by atoms with Crippen LogP contribution >= 0.6 is 11.8 Å². The minimum Gasteiger partial charge on any atom is -0.493 e. The van der Waals surface area contributed by atoms with E-state index in [4.69, 9.17) is 24.7 Å². The number of rotatable bonds is 5. The van der Waals surface area contributed by atoms with Gasteiger partial charge in [-0.3, -0.25) is 9.69 Å². The van der Waals surface area contributed by atoms with Gasteiger partial charge in [-0.2, -0.15) is 5.26 Å². The molecular formula is C20H21N3O6S. The predicted octanol–water partition coefficient (Wildman–Crippen LogP) is 1.85. The molecule has 0 bridgehead atoms. The van der Waals surface area contributed by atoms with Crippen LogP contribution in [0, 0.1) is 11.3 Å². The van der Waals surface area contributed by atoms with Gasteiger partial charge in [-0.25, -0.2) is 4.79 Å². The lowest BCUT2D eigenvalue weighted by atomic mass is 9.82. The van der Waals surface area contributed by atoms with Crippen LogP contribution in [-0.4, -0.2) is 50.5 Å². The Morgan fingerprint density at radius 3 is 2.23 bits per heavy atom. The molecule has 158 valence electrons. The van der Waals surface area contributed by atoms with E-state index in [0.29, 0.717) is 27.8 Å². The average Bonchev–Trinajstić information content (AvgIpc) is 3.06. The third kappa shape index (κ3) is 3.11. The molecule has 1 aromatic carbocycles. The number of nitriles is 1. The van der Waals surface area contributed by atoms with Crippen molar-refractivity contribution < 1.29 is 28.5 Å². The molecule has 3 rings (SSSR count). The number of benzene rings is 1. The van der Waals surface area contributed by atoms with Gasteiger partial charge in [0, 0.05) is 0 Å². The molecule has 1 fully saturated rings. The monoisotopic (exact) mass is 431 g/mol. The van der Waals surface area contributed by atoms with Crippen LogP contribution in [-0.2, 0) is 14.3 Å². The standard InChI is InChI=1S/C20H21N3O6S/c1-9-18(24)23-17(22)11(8-21)14(15(19(23)30-9)20(25)29-5)10-6-12(26-2)16(28-4)13(7-10)27-3/h6-7,9,14H,22H2,1-5H3/t9-,14-/m0/s1. The first-order valence-electron chi connectivity index (χ1n) is 8.87. The van der Waals surface area contributed by atoms with Crippen molar-refractivity contribution in [1.29, 1.82) is 5.26 Å². The zero-order valence-electron chi connectivity index (χ0n) is 17.1. The number of allylic oxidation sites excluding steroid dienone is 1. The first kappa shape index (κ1) is 21.4. The number of amides is 1. The Hall–Kier alpha value is -3.32. The Labute approximate surface area is 178 Å². The Bertz CT molecular complexity index is 1000. The summed E-state index contributed by atoms with van der Waals surface area (Å²) in [6, 6.07) is 5.34. The van der Waals surface area contributed by atoms with Gasteiger partial charge in [0.25, 0.3) is 0 Å². The highest BCUT2D eigenvalue weighted by atomic mass is 32.2. The van der Waals surface area contributed by atoms with Gasteiger partial charge in [0.1, 0.15) is 5.82 Å². The summed E-state index contributed by atoms with van der Waals surface area (Å²) in [4.78, 5) is 26.7. The van der Waals surface area contributed by atoms with Crippen molar-refractivity contribution in [2.24, 2.45) is 5.73 Å². The van der Waals surface area contributed by atoms with Gasteiger partial charge in [-0.05, 0) is 24.6 Å². The van der Waals surface area contributed by atoms with Crippen LogP contribution in [0.3, 0.4) is 0 Å². The Balaban J connectivity index is 2.34. The number of methoxy groups -OCH3 is 4. The largest absolute Gasteiger partial charge is 0.493 e. The molecule has 0 unspecified atom stereocenters. The third-order valence-corrected chi connectivity index (χ3v) is 6.11. The predicted molar refractivity (Wildman–Crippen MR) is 109 cm³/mol. The molecular weight excluding hydrogens is 410 g/mol. The molecule has 1 aromatic rings. The van der Waals surface area contributed by atoms with Crippen LogP contribution in [0.1, 0.15) is 18.4 Å². The van der Waals surface area contributed by atoms with Crippen molar-refractivity contribution >= 4 is 23.6 Å². The average molecular weight is 431 g/mol. The molecule has 0 radical (unpaired) electrons. The lowest BCUT2D eigenvalue weighted by Crippen LogP contribution is -2.37. The summed E-state index contributed by atoms with van der Waals surface area (Å²) in [5.74, 6) is -0.795. The SMILES string of the molecule is COC(=O)C1=C2S[C@@H](C)C(=O)N2C(N)=C(C#N)[C@@H]1c1cc(OC)c(OC)c(OC)c1. The van der Waals surface area contributed by atoms with Gasteiger partial charge in [0.05, 0.1) is 61.9 Å². The molecule has 2 N–H and O–H groups in total. The van der Waals surface area contributed by atoms with Gasteiger partial charge in [-0.15, -0.1) is 0 Å². The number of thioether (sulfide) groups is 1. The lowest BCUT2D eigenvalue weighted by molar-refractivity contribution is -0.136. The maximum absolute atomic E-state index is 12.8. The summed E-state index contributed by atoms with van der Waals surface area (Å²) in [7, 11) is 5.64. The summed E-state index contributed by atoms with van der Waals surface area (Å²) in [5, 5.41) is 9.79. The number of carbonyl (C=O) groups is 2. The van der Waals surface area contributed by atoms with Crippen molar-refractivity contribution in [3.8, 4) is 23.3 Å². The number of ether oxygens (including phenoxy) is 4. The van der Waals surface area contributed by atoms with Gasteiger partial charge in [-0.1, -0.05) is 11.8 Å². The molecule has 9 nitrogen and oxygen atoms in total. The second-order valence-corrected chi connectivity index (χ2v) is 7.78. The minimum atomic E-state index is -0.881. The van der Waals surface area contributed by atoms with E-state index in [0.717, 1.165) is 0 Å². The van der Waals surface area contributed by atoms with E-state index >= 15 is 0 Å². The van der Waals surface area contributed by atoms with Crippen LogP contribution < -0.4 is 19.9 Å². The number of esters is 1. The molecule has 0 aliphatic carbocycles. The number of carbonyl (C=O) groups excluding carboxylic acids is 2. The zero-order chi connectivity index (χ0) is 22.2. The van der Waals surface area contributed by atoms with E-state index in [2.05, 4.69) is 6.07 Å². The molecule has 1 saturated heterocycles. The summed E-state index contributed by atoms with van der Waals surface area (Å²) in [5.41, 5.74) is 6.94. The zero-order valence-corrected chi connectivity index (χ0v) is 18.0. The van der Waals surface area contributed by atoms with E-state index < -0.39 is 17.1 Å². The van der Waals surface area contributed by atoms with Crippen LogP contribution in [0.2, 0.25) is 0 Å². The molecule has 0 spiro atoms. The van der Waals surface area contributed by atoms with Gasteiger partial charge in [0.15, 0.2) is 11.5 Å². The van der Waals surface area contributed by atoms with Gasteiger partial charge < -0.3 is 24.7 Å². The Morgan fingerprint density at radius 2 is 1.77 bits per heavy atom. The van der Waals surface area contributed by atoms with Crippen LogP contribution in [0.5, 0.6) is 17.2 Å². The smallest absolute Gasteiger partial charge is 0.337 e. The van der Waals surface area contributed by atoms with Crippen LogP contribution in [0.15, 0.2) is 34.1 Å². The van der Waals surface area contributed by atoms with Crippen molar-refractivity contribution in [3.63, 3.8) is 0 Å². The summed E-state index contributed by atoms with van der Waals surface area (Å²) >= 11 is 1.20. The molecule has 2 aliphatic heterocycles. The molecule has 2 heterocycles. The number of hydrogen-bond acceptors (Lipinski definition) is 9. The van der Waals surface area contributed by atoms with Crippen molar-refractivity contribution in [3.05, 3.63) is 39.7 Å². The number of fused-ring (bicyclic) bond motifs is 1. The number of hydrogen-bond donors (Lipinski definition) is 1. The van der Waals surface area contributed by atoms with E-state index in [1.54, 1.807) is 19.1 Å². The first-order valence-corrected chi connectivity index (χ1v) is 9.75. The number of nitrogens with zero attached hydrogens (tertiary/aromatic N) is 2. The molecule has 10 heteroatoms. The summed E-state index contributed by atoms with van der Waals surface area (Å²) in [6.07, 6.45) is 0. The van der Waals surface area contributed by atoms with Gasteiger partial charge in [0.2, 0.25) is 11.7 Å². The molecule has 2 atom stereocenters. The van der Waals surface area contributed by atoms with E-state index in [-0.39, 0.29) is 22.9 Å². The summed E-state index contributed by atoms with van der Waals surface area (Å²) in [6.45, 7) is 1.71. The van der Waals surface area contributed by atoms with Crippen molar-refractivity contribution in [1.82, 2.24) is 4.90 Å². The quantitative estimate of drug-likeness (QED) is 0.695. The van der Waals surface area contributed by atoms with E-state index in [1.165, 1.54) is 45.1 Å². The fourth-order valence-electron chi connectivity index (χ4n) is 3.54. The van der Waals surface area contributed by atoms with Crippen molar-refractivity contribution in [2.75, 3.05) is 28.4 Å². The van der Waals surface area contributed by atoms with Gasteiger partial charge >= 0.3 is 5.97 Å². The first-order chi connectivity index (χ1) is 14.3. The maximum atomic E-state index is 12.8. The van der Waals surface area contributed by atoms with E-state index in [9.17, 15) is 14.9 Å². The Morgan fingerprint density at radius 1 is 1.17 bits per heavy atom. The second kappa shape index (κ2) is 8.20. The highest BCUT2D eigenvalue weighted by Crippen LogP contribution is 2.51. The fraction of sp³-hybridized carbons (Fsp3) is 0.350. The maximum Gasteiger partial charge on any atom is 0.337 e. The molecule has 0 saturated carbocycles. The molecule has 30 heavy (non-hydrogen) atoms. The van der Waals surface area contributed by atoms with Crippen molar-refractivity contribution in [2.45, 2.75) is 18.1 Å². The second-order valence-electron chi connectivity index (χ2n) is 6.45. The Kier molecular flexibility index (Phi) is 5.85. The summed E-state index contributed by atoms with van der Waals surface area (Å²) < 4.78 is 21.2. The highest BCUT2D eigenvalue weighted by molar-refractivity contribution is 8.04. The topological polar surface area (TPSA) is 124 Å². The third-order valence-electron chi connectivity index (χ3n) is 4.93. The molecule has 1 amide bonds. The van der Waals surface area contributed by atoms with Crippen LogP contribution in [0.4, 0.5) is 0 Å².